The van der Waals surface area contributed by atoms with Crippen molar-refractivity contribution in [2.75, 3.05) is 5.73 Å². The molecule has 4 heteroatoms. The largest absolute Gasteiger partial charge is 0.375 e. The Bertz CT molecular complexity index is 221. The highest BCUT2D eigenvalue weighted by Gasteiger charge is 2.03. The summed E-state index contributed by atoms with van der Waals surface area (Å²) in [5, 5.41) is 0.628. The molecule has 0 radical (unpaired) electrons. The first kappa shape index (κ1) is 8.49. The maximum atomic E-state index is 5.75. The number of anilines is 1. The lowest BCUT2D eigenvalue weighted by atomic mass is 10.1. The minimum Gasteiger partial charge on any atom is -0.375 e. The molecule has 1 unspecified atom stereocenters. The van der Waals surface area contributed by atoms with Crippen molar-refractivity contribution in [3.05, 3.63) is 11.1 Å². The summed E-state index contributed by atoms with van der Waals surface area (Å²) >= 11 is 1.52. The summed E-state index contributed by atoms with van der Waals surface area (Å²) in [4.78, 5) is 5.12. The van der Waals surface area contributed by atoms with E-state index in [2.05, 4.69) is 11.9 Å². The summed E-state index contributed by atoms with van der Waals surface area (Å²) in [6.45, 7) is 2.08. The summed E-state index contributed by atoms with van der Waals surface area (Å²) in [6.07, 6.45) is 3.69. The third-order valence-electron chi connectivity index (χ3n) is 1.56. The Hall–Kier alpha value is -0.610. The van der Waals surface area contributed by atoms with Crippen LogP contribution in [0.25, 0.3) is 0 Å². The Kier molecular flexibility index (Phi) is 2.84. The van der Waals surface area contributed by atoms with Crippen molar-refractivity contribution in [1.29, 1.82) is 0 Å². The molecule has 0 aliphatic carbocycles. The van der Waals surface area contributed by atoms with Gasteiger partial charge in [0.1, 0.15) is 0 Å². The van der Waals surface area contributed by atoms with E-state index in [1.54, 1.807) is 6.20 Å². The lowest BCUT2D eigenvalue weighted by Crippen LogP contribution is -2.20. The van der Waals surface area contributed by atoms with Crippen LogP contribution in [0.1, 0.15) is 18.2 Å². The molecule has 11 heavy (non-hydrogen) atoms. The molecule has 1 aromatic rings. The van der Waals surface area contributed by atoms with Crippen molar-refractivity contribution in [2.45, 2.75) is 25.8 Å². The number of thiazole rings is 1. The van der Waals surface area contributed by atoms with Crippen LogP contribution in [-0.2, 0) is 6.42 Å². The molecule has 0 amide bonds. The van der Waals surface area contributed by atoms with Gasteiger partial charge in [0.2, 0.25) is 0 Å². The summed E-state index contributed by atoms with van der Waals surface area (Å²) in [5.41, 5.74) is 11.2. The van der Waals surface area contributed by atoms with Gasteiger partial charge in [0.05, 0.1) is 0 Å². The molecule has 1 aromatic heterocycles. The van der Waals surface area contributed by atoms with Crippen molar-refractivity contribution >= 4 is 16.5 Å². The van der Waals surface area contributed by atoms with Crippen molar-refractivity contribution in [1.82, 2.24) is 4.98 Å². The summed E-state index contributed by atoms with van der Waals surface area (Å²) in [7, 11) is 0. The van der Waals surface area contributed by atoms with E-state index in [-0.39, 0.29) is 6.04 Å². The van der Waals surface area contributed by atoms with Crippen molar-refractivity contribution in [2.24, 2.45) is 5.73 Å². The molecule has 0 saturated carbocycles. The standard InChI is InChI=1S/C7H13N3S/c1-2-5(8)3-6-4-10-7(9)11-6/h4-5H,2-3,8H2,1H3,(H2,9,10). The van der Waals surface area contributed by atoms with Crippen LogP contribution in [0.3, 0.4) is 0 Å². The molecular weight excluding hydrogens is 158 g/mol. The van der Waals surface area contributed by atoms with Crippen LogP contribution < -0.4 is 11.5 Å². The zero-order valence-corrected chi connectivity index (χ0v) is 7.40. The molecule has 0 aliphatic rings. The van der Waals surface area contributed by atoms with Crippen LogP contribution in [0.4, 0.5) is 5.13 Å². The van der Waals surface area contributed by atoms with Gasteiger partial charge in [0, 0.05) is 17.1 Å². The molecule has 62 valence electrons. The van der Waals surface area contributed by atoms with Crippen LogP contribution >= 0.6 is 11.3 Å². The molecule has 1 rings (SSSR count). The van der Waals surface area contributed by atoms with Crippen LogP contribution in [0, 0.1) is 0 Å². The van der Waals surface area contributed by atoms with Crippen LogP contribution in [0.15, 0.2) is 6.20 Å². The second kappa shape index (κ2) is 3.69. The van der Waals surface area contributed by atoms with Crippen LogP contribution in [0.2, 0.25) is 0 Å². The smallest absolute Gasteiger partial charge is 0.180 e. The second-order valence-corrected chi connectivity index (χ2v) is 3.68. The van der Waals surface area contributed by atoms with Gasteiger partial charge in [-0.2, -0.15) is 0 Å². The highest BCUT2D eigenvalue weighted by atomic mass is 32.1. The third kappa shape index (κ3) is 2.48. The highest BCUT2D eigenvalue weighted by Crippen LogP contribution is 2.15. The molecule has 3 nitrogen and oxygen atoms in total. The lowest BCUT2D eigenvalue weighted by Gasteiger charge is -2.04. The molecular formula is C7H13N3S. The Morgan fingerprint density at radius 2 is 2.45 bits per heavy atom. The number of hydrogen-bond donors (Lipinski definition) is 2. The number of aromatic nitrogens is 1. The highest BCUT2D eigenvalue weighted by molar-refractivity contribution is 7.15. The van der Waals surface area contributed by atoms with Crippen LogP contribution in [0.5, 0.6) is 0 Å². The first-order chi connectivity index (χ1) is 5.22. The average molecular weight is 171 g/mol. The van der Waals surface area contributed by atoms with Gasteiger partial charge in [-0.15, -0.1) is 11.3 Å². The second-order valence-electron chi connectivity index (χ2n) is 2.54. The molecule has 0 fully saturated rings. The van der Waals surface area contributed by atoms with Gasteiger partial charge < -0.3 is 11.5 Å². The third-order valence-corrected chi connectivity index (χ3v) is 2.41. The zero-order valence-electron chi connectivity index (χ0n) is 6.58. The number of rotatable bonds is 3. The van der Waals surface area contributed by atoms with Gasteiger partial charge in [-0.05, 0) is 12.8 Å². The van der Waals surface area contributed by atoms with Gasteiger partial charge in [0.15, 0.2) is 5.13 Å². The van der Waals surface area contributed by atoms with Gasteiger partial charge in [0.25, 0.3) is 0 Å². The molecule has 1 atom stereocenters. The molecule has 0 bridgehead atoms. The normalized spacial score (nSPS) is 13.3. The fourth-order valence-corrected chi connectivity index (χ4v) is 1.60. The van der Waals surface area contributed by atoms with E-state index in [4.69, 9.17) is 11.5 Å². The number of nitrogen functional groups attached to an aromatic ring is 1. The van der Waals surface area contributed by atoms with Crippen molar-refractivity contribution in [3.8, 4) is 0 Å². The first-order valence-electron chi connectivity index (χ1n) is 3.68. The van der Waals surface area contributed by atoms with Gasteiger partial charge >= 0.3 is 0 Å². The lowest BCUT2D eigenvalue weighted by molar-refractivity contribution is 0.651. The zero-order chi connectivity index (χ0) is 8.27. The maximum Gasteiger partial charge on any atom is 0.180 e. The molecule has 1 heterocycles. The summed E-state index contributed by atoms with van der Waals surface area (Å²) in [6, 6.07) is 0.245. The monoisotopic (exact) mass is 171 g/mol. The molecule has 0 aliphatic heterocycles. The van der Waals surface area contributed by atoms with Crippen molar-refractivity contribution in [3.63, 3.8) is 0 Å². The van der Waals surface area contributed by atoms with Crippen molar-refractivity contribution < 1.29 is 0 Å². The number of hydrogen-bond acceptors (Lipinski definition) is 4. The minimum atomic E-state index is 0.245. The molecule has 0 aromatic carbocycles. The van der Waals surface area contributed by atoms with E-state index >= 15 is 0 Å². The fraction of sp³-hybridized carbons (Fsp3) is 0.571. The fourth-order valence-electron chi connectivity index (χ4n) is 0.820. The minimum absolute atomic E-state index is 0.245. The van der Waals surface area contributed by atoms with Crippen LogP contribution in [-0.4, -0.2) is 11.0 Å². The quantitative estimate of drug-likeness (QED) is 0.713. The van der Waals surface area contributed by atoms with E-state index in [0.29, 0.717) is 5.13 Å². The molecule has 0 spiro atoms. The Morgan fingerprint density at radius 3 is 2.91 bits per heavy atom. The number of nitrogens with two attached hydrogens (primary N) is 2. The SMILES string of the molecule is CCC(N)Cc1cnc(N)s1. The van der Waals surface area contributed by atoms with Gasteiger partial charge in [-0.25, -0.2) is 4.98 Å². The summed E-state index contributed by atoms with van der Waals surface area (Å²) < 4.78 is 0. The molecule has 4 N–H and O–H groups in total. The van der Waals surface area contributed by atoms with E-state index in [0.717, 1.165) is 12.8 Å². The Balaban J connectivity index is 2.50. The predicted molar refractivity (Wildman–Crippen MR) is 48.5 cm³/mol. The Labute approximate surface area is 70.4 Å². The topological polar surface area (TPSA) is 64.9 Å². The van der Waals surface area contributed by atoms with E-state index < -0.39 is 0 Å². The summed E-state index contributed by atoms with van der Waals surface area (Å²) in [5.74, 6) is 0. The first-order valence-corrected chi connectivity index (χ1v) is 4.49. The van der Waals surface area contributed by atoms with Gasteiger partial charge in [-0.1, -0.05) is 6.92 Å². The maximum absolute atomic E-state index is 5.75. The van der Waals surface area contributed by atoms with E-state index in [1.165, 1.54) is 16.2 Å². The van der Waals surface area contributed by atoms with E-state index in [9.17, 15) is 0 Å². The van der Waals surface area contributed by atoms with Gasteiger partial charge in [-0.3, -0.25) is 0 Å². The molecule has 0 saturated heterocycles. The predicted octanol–water partition coefficient (Wildman–Crippen LogP) is 1.01. The average Bonchev–Trinajstić information content (AvgIpc) is 2.35. The number of nitrogens with zero attached hydrogens (tertiary/aromatic N) is 1. The Morgan fingerprint density at radius 1 is 1.73 bits per heavy atom. The van der Waals surface area contributed by atoms with E-state index in [1.807, 2.05) is 0 Å².